The first-order valence-corrected chi connectivity index (χ1v) is 9.92. The molecule has 1 heterocycles. The summed E-state index contributed by atoms with van der Waals surface area (Å²) in [5.74, 6) is -0.504. The minimum Gasteiger partial charge on any atom is -0.299 e. The fourth-order valence-electron chi connectivity index (χ4n) is 2.61. The molecule has 0 aliphatic carbocycles. The lowest BCUT2D eigenvalue weighted by Crippen LogP contribution is -2.30. The Morgan fingerprint density at radius 1 is 1.11 bits per heavy atom. The second kappa shape index (κ2) is 8.26. The number of nitrogens with zero attached hydrogens (tertiary/aromatic N) is 4. The van der Waals surface area contributed by atoms with Crippen molar-refractivity contribution < 1.29 is 13.6 Å². The van der Waals surface area contributed by atoms with Gasteiger partial charge in [0.1, 0.15) is 5.69 Å². The third-order valence-corrected chi connectivity index (χ3v) is 5.28. The quantitative estimate of drug-likeness (QED) is 0.477. The Labute approximate surface area is 158 Å². The van der Waals surface area contributed by atoms with Crippen molar-refractivity contribution >= 4 is 10.0 Å². The molecule has 140 valence electrons. The van der Waals surface area contributed by atoms with Gasteiger partial charge in [-0.25, -0.2) is 13.1 Å². The van der Waals surface area contributed by atoms with E-state index < -0.39 is 15.9 Å². The van der Waals surface area contributed by atoms with Gasteiger partial charge in [-0.15, -0.1) is 11.7 Å². The topological polar surface area (TPSA) is 88.3 Å². The molecule has 0 amide bonds. The third-order valence-electron chi connectivity index (χ3n) is 3.91. The molecule has 1 N–H and O–H groups in total. The van der Waals surface area contributed by atoms with Gasteiger partial charge in [0.25, 0.3) is 10.0 Å². The molecule has 3 rings (SSSR count). The molecule has 0 saturated carbocycles. The van der Waals surface area contributed by atoms with Gasteiger partial charge in [0.05, 0.1) is 12.7 Å². The Morgan fingerprint density at radius 2 is 1.85 bits per heavy atom. The zero-order valence-electron chi connectivity index (χ0n) is 14.6. The average molecular weight is 384 g/mol. The van der Waals surface area contributed by atoms with Crippen LogP contribution in [0.4, 0.5) is 0 Å². The van der Waals surface area contributed by atoms with Gasteiger partial charge < -0.3 is 0 Å². The van der Waals surface area contributed by atoms with Crippen molar-refractivity contribution in [3.05, 3.63) is 84.6 Å². The van der Waals surface area contributed by atoms with Crippen molar-refractivity contribution in [3.8, 4) is 11.3 Å². The normalized spacial score (nSPS) is 11.6. The SMILES string of the molecule is C=CCc1cccc(CN(O)S(=O)(=O)Cn2cc(-c3ccccc3)nn2)c1. The summed E-state index contributed by atoms with van der Waals surface area (Å²) >= 11 is 0. The largest absolute Gasteiger partial charge is 0.299 e. The minimum absolute atomic E-state index is 0.145. The van der Waals surface area contributed by atoms with Crippen LogP contribution in [0.15, 0.2) is 73.4 Å². The van der Waals surface area contributed by atoms with Crippen LogP contribution in [0.2, 0.25) is 0 Å². The first-order chi connectivity index (χ1) is 13.0. The van der Waals surface area contributed by atoms with E-state index in [4.69, 9.17) is 0 Å². The zero-order chi connectivity index (χ0) is 19.3. The number of hydrogen-bond acceptors (Lipinski definition) is 5. The second-order valence-corrected chi connectivity index (χ2v) is 7.89. The lowest BCUT2D eigenvalue weighted by Gasteiger charge is -2.15. The van der Waals surface area contributed by atoms with Crippen LogP contribution in [-0.2, 0) is 28.9 Å². The molecule has 3 aromatic rings. The van der Waals surface area contributed by atoms with E-state index in [0.717, 1.165) is 11.1 Å². The van der Waals surface area contributed by atoms with E-state index in [-0.39, 0.29) is 6.54 Å². The van der Waals surface area contributed by atoms with Crippen LogP contribution in [0.1, 0.15) is 11.1 Å². The molecule has 0 unspecified atom stereocenters. The molecule has 2 aromatic carbocycles. The summed E-state index contributed by atoms with van der Waals surface area (Å²) in [4.78, 5) is 0. The third kappa shape index (κ3) is 4.88. The summed E-state index contributed by atoms with van der Waals surface area (Å²) in [5, 5.41) is 17.9. The van der Waals surface area contributed by atoms with Crippen LogP contribution in [0, 0.1) is 0 Å². The maximum Gasteiger partial charge on any atom is 0.256 e. The van der Waals surface area contributed by atoms with E-state index >= 15 is 0 Å². The van der Waals surface area contributed by atoms with Crippen LogP contribution in [0.5, 0.6) is 0 Å². The van der Waals surface area contributed by atoms with E-state index in [2.05, 4.69) is 16.9 Å². The van der Waals surface area contributed by atoms with Crippen molar-refractivity contribution in [1.82, 2.24) is 19.5 Å². The van der Waals surface area contributed by atoms with Crippen molar-refractivity contribution in [2.75, 3.05) is 0 Å². The Hall–Kier alpha value is -2.81. The van der Waals surface area contributed by atoms with Gasteiger partial charge in [-0.3, -0.25) is 5.21 Å². The summed E-state index contributed by atoms with van der Waals surface area (Å²) in [7, 11) is -3.98. The minimum atomic E-state index is -3.98. The molecule has 0 aliphatic rings. The Kier molecular flexibility index (Phi) is 5.80. The molecule has 7 nitrogen and oxygen atoms in total. The number of benzene rings is 2. The van der Waals surface area contributed by atoms with Gasteiger partial charge in [-0.05, 0) is 17.5 Å². The highest BCUT2D eigenvalue weighted by atomic mass is 32.2. The van der Waals surface area contributed by atoms with Crippen LogP contribution < -0.4 is 0 Å². The Bertz CT molecular complexity index is 1020. The molecule has 0 bridgehead atoms. The first-order valence-electron chi connectivity index (χ1n) is 8.31. The highest BCUT2D eigenvalue weighted by Crippen LogP contribution is 2.16. The molecule has 0 fully saturated rings. The number of hydroxylamine groups is 1. The molecule has 0 saturated heterocycles. The lowest BCUT2D eigenvalue weighted by molar-refractivity contribution is -0.00572. The van der Waals surface area contributed by atoms with Gasteiger partial charge in [0.15, 0.2) is 5.88 Å². The monoisotopic (exact) mass is 384 g/mol. The van der Waals surface area contributed by atoms with Crippen molar-refractivity contribution in [2.45, 2.75) is 18.8 Å². The maximum absolute atomic E-state index is 12.4. The van der Waals surface area contributed by atoms with Crippen LogP contribution in [0.25, 0.3) is 11.3 Å². The molecular weight excluding hydrogens is 364 g/mol. The Balaban J connectivity index is 1.70. The fourth-order valence-corrected chi connectivity index (χ4v) is 3.55. The molecule has 0 spiro atoms. The molecular formula is C19H20N4O3S. The van der Waals surface area contributed by atoms with E-state index in [1.807, 2.05) is 48.5 Å². The molecule has 0 atom stereocenters. The number of hydrogen-bond donors (Lipinski definition) is 1. The standard InChI is InChI=1S/C19H20N4O3S/c1-2-7-16-8-6-9-17(12-16)13-23(24)27(25,26)15-22-14-19(20-21-22)18-10-4-3-5-11-18/h2-6,8-12,14,24H,1,7,13,15H2. The summed E-state index contributed by atoms with van der Waals surface area (Å²) in [5.41, 5.74) is 3.08. The number of aromatic nitrogens is 3. The van der Waals surface area contributed by atoms with Crippen LogP contribution in [0.3, 0.4) is 0 Å². The molecule has 0 radical (unpaired) electrons. The van der Waals surface area contributed by atoms with Crippen molar-refractivity contribution in [2.24, 2.45) is 0 Å². The van der Waals surface area contributed by atoms with E-state index in [1.54, 1.807) is 12.1 Å². The Morgan fingerprint density at radius 3 is 2.59 bits per heavy atom. The van der Waals surface area contributed by atoms with Crippen molar-refractivity contribution in [1.29, 1.82) is 0 Å². The van der Waals surface area contributed by atoms with Crippen molar-refractivity contribution in [3.63, 3.8) is 0 Å². The number of allylic oxidation sites excluding steroid dienone is 1. The van der Waals surface area contributed by atoms with E-state index in [9.17, 15) is 13.6 Å². The van der Waals surface area contributed by atoms with Crippen LogP contribution in [-0.4, -0.2) is 33.1 Å². The summed E-state index contributed by atoms with van der Waals surface area (Å²) in [6, 6.07) is 16.7. The van der Waals surface area contributed by atoms with E-state index in [0.29, 0.717) is 22.1 Å². The molecule has 27 heavy (non-hydrogen) atoms. The van der Waals surface area contributed by atoms with Gasteiger partial charge in [-0.2, -0.15) is 0 Å². The zero-order valence-corrected chi connectivity index (χ0v) is 15.5. The van der Waals surface area contributed by atoms with Gasteiger partial charge in [-0.1, -0.05) is 70.4 Å². The first kappa shape index (κ1) is 19.0. The van der Waals surface area contributed by atoms with E-state index in [1.165, 1.54) is 10.9 Å². The summed E-state index contributed by atoms with van der Waals surface area (Å²) in [6.45, 7) is 3.54. The van der Waals surface area contributed by atoms with Gasteiger partial charge in [0, 0.05) is 5.56 Å². The predicted octanol–water partition coefficient (Wildman–Crippen LogP) is 2.85. The highest BCUT2D eigenvalue weighted by Gasteiger charge is 2.22. The smallest absolute Gasteiger partial charge is 0.256 e. The average Bonchev–Trinajstić information content (AvgIpc) is 3.11. The summed E-state index contributed by atoms with van der Waals surface area (Å²) in [6.07, 6.45) is 3.97. The van der Waals surface area contributed by atoms with Gasteiger partial charge >= 0.3 is 0 Å². The maximum atomic E-state index is 12.4. The predicted molar refractivity (Wildman–Crippen MR) is 102 cm³/mol. The summed E-state index contributed by atoms with van der Waals surface area (Å²) < 4.78 is 26.4. The second-order valence-electron chi connectivity index (χ2n) is 6.04. The lowest BCUT2D eigenvalue weighted by atomic mass is 10.1. The molecule has 8 heteroatoms. The number of sulfonamides is 1. The van der Waals surface area contributed by atoms with Crippen LogP contribution >= 0.6 is 0 Å². The fraction of sp³-hybridized carbons (Fsp3) is 0.158. The highest BCUT2D eigenvalue weighted by molar-refractivity contribution is 7.87. The number of rotatable bonds is 8. The molecule has 0 aliphatic heterocycles. The van der Waals surface area contributed by atoms with Gasteiger partial charge in [0.2, 0.25) is 0 Å². The molecule has 1 aromatic heterocycles.